The van der Waals surface area contributed by atoms with E-state index in [0.717, 1.165) is 16.7 Å². The Morgan fingerprint density at radius 3 is 3.08 bits per heavy atom. The largest absolute Gasteiger partial charge is 0.497 e. The van der Waals surface area contributed by atoms with Gasteiger partial charge in [0.2, 0.25) is 0 Å². The third kappa shape index (κ3) is 1.08. The molecule has 1 heterocycles. The minimum absolute atomic E-state index is 0.850. The number of fused-ring (bicyclic) bond motifs is 1. The molecule has 3 nitrogen and oxygen atoms in total. The van der Waals surface area contributed by atoms with Crippen LogP contribution in [-0.2, 0) is 0 Å². The smallest absolute Gasteiger partial charge is 0.119 e. The van der Waals surface area contributed by atoms with Crippen molar-refractivity contribution >= 4 is 27.1 Å². The van der Waals surface area contributed by atoms with Crippen LogP contribution in [0.2, 0.25) is 0 Å². The van der Waals surface area contributed by atoms with Crippen LogP contribution in [0.15, 0.2) is 24.4 Å². The van der Waals surface area contributed by atoms with E-state index in [1.807, 2.05) is 18.2 Å². The second kappa shape index (κ2) is 2.79. The van der Waals surface area contributed by atoms with Crippen molar-refractivity contribution in [2.24, 2.45) is 0 Å². The molecule has 0 N–H and O–H groups in total. The van der Waals surface area contributed by atoms with Crippen molar-refractivity contribution in [2.45, 2.75) is 0 Å². The Kier molecular flexibility index (Phi) is 1.77. The predicted octanol–water partition coefficient (Wildman–Crippen LogP) is 2.20. The van der Waals surface area contributed by atoms with Gasteiger partial charge in [-0.1, -0.05) is 0 Å². The fourth-order valence-electron chi connectivity index (χ4n) is 1.11. The summed E-state index contributed by atoms with van der Waals surface area (Å²) in [4.78, 5) is 0. The summed E-state index contributed by atoms with van der Waals surface area (Å²) in [5, 5.41) is 5.11. The second-order valence-corrected chi connectivity index (χ2v) is 3.10. The van der Waals surface area contributed by atoms with Gasteiger partial charge in [-0.2, -0.15) is 8.81 Å². The average molecular weight is 227 g/mol. The van der Waals surface area contributed by atoms with E-state index in [4.69, 9.17) is 4.74 Å². The summed E-state index contributed by atoms with van der Waals surface area (Å²) in [6.07, 6.45) is 1.78. The van der Waals surface area contributed by atoms with Crippen molar-refractivity contribution in [3.05, 3.63) is 24.4 Å². The van der Waals surface area contributed by atoms with Gasteiger partial charge in [0, 0.05) is 5.39 Å². The molecule has 1 aromatic heterocycles. The molecule has 1 aromatic carbocycles. The van der Waals surface area contributed by atoms with Gasteiger partial charge in [0.1, 0.15) is 5.75 Å². The van der Waals surface area contributed by atoms with Crippen LogP contribution in [0.3, 0.4) is 0 Å². The molecular weight excluding hydrogens is 220 g/mol. The molecule has 0 saturated heterocycles. The summed E-state index contributed by atoms with van der Waals surface area (Å²) in [5.74, 6) is 0.850. The third-order valence-electron chi connectivity index (χ3n) is 1.73. The van der Waals surface area contributed by atoms with Gasteiger partial charge in [0.05, 0.1) is 35.0 Å². The summed E-state index contributed by atoms with van der Waals surface area (Å²) in [7, 11) is 1.65. The highest BCUT2D eigenvalue weighted by atomic mass is 79.9. The molecule has 0 aliphatic heterocycles. The second-order valence-electron chi connectivity index (χ2n) is 2.43. The highest BCUT2D eigenvalue weighted by Crippen LogP contribution is 2.20. The monoisotopic (exact) mass is 226 g/mol. The molecule has 2 rings (SSSR count). The third-order valence-corrected chi connectivity index (χ3v) is 2.30. The fourth-order valence-corrected chi connectivity index (χ4v) is 1.52. The number of hydrogen-bond acceptors (Lipinski definition) is 2. The number of aromatic nitrogens is 2. The molecule has 12 heavy (non-hydrogen) atoms. The van der Waals surface area contributed by atoms with Crippen molar-refractivity contribution in [1.29, 1.82) is 0 Å². The summed E-state index contributed by atoms with van der Waals surface area (Å²) >= 11 is 3.28. The lowest BCUT2D eigenvalue weighted by atomic mass is 10.2. The van der Waals surface area contributed by atoms with E-state index < -0.39 is 0 Å². The number of benzene rings is 1. The van der Waals surface area contributed by atoms with Crippen LogP contribution in [-0.4, -0.2) is 15.9 Å². The minimum atomic E-state index is 0.850. The minimum Gasteiger partial charge on any atom is -0.497 e. The van der Waals surface area contributed by atoms with E-state index in [2.05, 4.69) is 21.2 Å². The molecule has 62 valence electrons. The van der Waals surface area contributed by atoms with Crippen LogP contribution < -0.4 is 4.74 Å². The highest BCUT2D eigenvalue weighted by Gasteiger charge is 2.00. The average Bonchev–Trinajstić information content (AvgIpc) is 2.47. The maximum absolute atomic E-state index is 5.08. The Morgan fingerprint density at radius 1 is 1.50 bits per heavy atom. The molecule has 0 amide bonds. The van der Waals surface area contributed by atoms with Gasteiger partial charge in [-0.3, -0.25) is 0 Å². The first-order valence-corrected chi connectivity index (χ1v) is 4.20. The van der Waals surface area contributed by atoms with Gasteiger partial charge < -0.3 is 4.74 Å². The van der Waals surface area contributed by atoms with Crippen molar-refractivity contribution in [1.82, 2.24) is 8.81 Å². The summed E-state index contributed by atoms with van der Waals surface area (Å²) in [6.45, 7) is 0. The fraction of sp³-hybridized carbons (Fsp3) is 0.125. The summed E-state index contributed by atoms with van der Waals surface area (Å²) in [5.41, 5.74) is 1.04. The van der Waals surface area contributed by atoms with Gasteiger partial charge in [-0.05, 0) is 18.2 Å². The van der Waals surface area contributed by atoms with Crippen molar-refractivity contribution < 1.29 is 4.74 Å². The Morgan fingerprint density at radius 2 is 2.33 bits per heavy atom. The number of methoxy groups -OCH3 is 1. The molecule has 0 unspecified atom stereocenters. The zero-order valence-electron chi connectivity index (χ0n) is 6.49. The highest BCUT2D eigenvalue weighted by molar-refractivity contribution is 9.08. The van der Waals surface area contributed by atoms with Crippen LogP contribution in [0, 0.1) is 0 Å². The maximum atomic E-state index is 5.08. The van der Waals surface area contributed by atoms with Crippen LogP contribution >= 0.6 is 16.1 Å². The van der Waals surface area contributed by atoms with E-state index in [1.54, 1.807) is 17.0 Å². The van der Waals surface area contributed by atoms with Gasteiger partial charge in [0.15, 0.2) is 0 Å². The Hall–Kier alpha value is -1.03. The molecule has 0 fully saturated rings. The van der Waals surface area contributed by atoms with E-state index in [-0.39, 0.29) is 0 Å². The zero-order chi connectivity index (χ0) is 8.55. The summed E-state index contributed by atoms with van der Waals surface area (Å²) in [6, 6.07) is 5.80. The van der Waals surface area contributed by atoms with E-state index >= 15 is 0 Å². The van der Waals surface area contributed by atoms with Crippen LogP contribution in [0.5, 0.6) is 5.75 Å². The van der Waals surface area contributed by atoms with Gasteiger partial charge in [-0.25, -0.2) is 0 Å². The molecule has 0 aliphatic rings. The molecule has 4 heteroatoms. The molecular formula is C8H7BrN2O. The standard InChI is InChI=1S/C8H7BrN2O/c1-12-7-2-3-8-6(4-7)5-10-11(8)9/h2-5H,1H3. The van der Waals surface area contributed by atoms with Gasteiger partial charge in [-0.15, -0.1) is 0 Å². The Bertz CT molecular complexity index is 410. The number of ether oxygens (including phenoxy) is 1. The van der Waals surface area contributed by atoms with E-state index in [1.165, 1.54) is 0 Å². The lowest BCUT2D eigenvalue weighted by Gasteiger charge is -1.97. The van der Waals surface area contributed by atoms with Crippen molar-refractivity contribution in [2.75, 3.05) is 7.11 Å². The number of halogens is 1. The number of rotatable bonds is 1. The zero-order valence-corrected chi connectivity index (χ0v) is 8.08. The first-order valence-electron chi connectivity index (χ1n) is 3.49. The Labute approximate surface area is 78.3 Å². The molecule has 0 atom stereocenters. The SMILES string of the molecule is COc1ccc2c(cnn2Br)c1. The maximum Gasteiger partial charge on any atom is 0.119 e. The van der Waals surface area contributed by atoms with E-state index in [9.17, 15) is 0 Å². The lowest BCUT2D eigenvalue weighted by Crippen LogP contribution is -1.82. The number of hydrogen-bond donors (Lipinski definition) is 0. The topological polar surface area (TPSA) is 27.1 Å². The normalized spacial score (nSPS) is 10.5. The van der Waals surface area contributed by atoms with Gasteiger partial charge in [0.25, 0.3) is 0 Å². The van der Waals surface area contributed by atoms with E-state index in [0.29, 0.717) is 0 Å². The molecule has 0 aliphatic carbocycles. The molecule has 0 bridgehead atoms. The summed E-state index contributed by atoms with van der Waals surface area (Å²) < 4.78 is 6.73. The van der Waals surface area contributed by atoms with Crippen LogP contribution in [0.1, 0.15) is 0 Å². The van der Waals surface area contributed by atoms with Crippen LogP contribution in [0.4, 0.5) is 0 Å². The van der Waals surface area contributed by atoms with Crippen molar-refractivity contribution in [3.63, 3.8) is 0 Å². The Balaban J connectivity index is 2.69. The molecule has 2 aromatic rings. The molecule has 0 spiro atoms. The quantitative estimate of drug-likeness (QED) is 0.746. The predicted molar refractivity (Wildman–Crippen MR) is 50.6 cm³/mol. The number of nitrogens with zero attached hydrogens (tertiary/aromatic N) is 2. The van der Waals surface area contributed by atoms with Gasteiger partial charge >= 0.3 is 0 Å². The molecule has 0 radical (unpaired) electrons. The first kappa shape index (κ1) is 7.61. The first-order chi connectivity index (χ1) is 5.81. The van der Waals surface area contributed by atoms with Crippen molar-refractivity contribution in [3.8, 4) is 5.75 Å². The molecule has 0 saturated carbocycles. The van der Waals surface area contributed by atoms with Crippen LogP contribution in [0.25, 0.3) is 10.9 Å². The lowest BCUT2D eigenvalue weighted by molar-refractivity contribution is 0.415.